The summed E-state index contributed by atoms with van der Waals surface area (Å²) < 4.78 is 0. The van der Waals surface area contributed by atoms with Crippen LogP contribution in [0.5, 0.6) is 11.5 Å². The molecule has 1 aliphatic rings. The number of carbonyl (C=O) groups is 1. The average Bonchev–Trinajstić information content (AvgIpc) is 3.23. The summed E-state index contributed by atoms with van der Waals surface area (Å²) in [6.07, 6.45) is 2.35. The van der Waals surface area contributed by atoms with E-state index in [9.17, 15) is 20.1 Å². The quantitative estimate of drug-likeness (QED) is 0.559. The maximum absolute atomic E-state index is 13.1. The molecule has 144 valence electrons. The maximum atomic E-state index is 13.1. The molecule has 0 aromatic heterocycles. The van der Waals surface area contributed by atoms with Gasteiger partial charge in [0.1, 0.15) is 0 Å². The zero-order valence-corrected chi connectivity index (χ0v) is 15.2. The second kappa shape index (κ2) is 8.88. The van der Waals surface area contributed by atoms with Crippen LogP contribution in [-0.4, -0.2) is 51.9 Å². The molecule has 2 aromatic carbocycles. The molecule has 1 fully saturated rings. The fourth-order valence-electron chi connectivity index (χ4n) is 3.49. The molecule has 2 aromatic rings. The minimum absolute atomic E-state index is 0.00514. The minimum atomic E-state index is -0.538. The highest BCUT2D eigenvalue weighted by Crippen LogP contribution is 2.26. The molecular formula is C21H26N2O4. The average molecular weight is 370 g/mol. The van der Waals surface area contributed by atoms with Gasteiger partial charge in [0.25, 0.3) is 0 Å². The number of carbonyl (C=O) groups excluding carboxylic acids is 1. The lowest BCUT2D eigenvalue weighted by Gasteiger charge is -2.28. The van der Waals surface area contributed by atoms with Crippen LogP contribution < -0.4 is 5.32 Å². The van der Waals surface area contributed by atoms with Gasteiger partial charge in [0.05, 0.1) is 18.7 Å². The van der Waals surface area contributed by atoms with Crippen LogP contribution in [0.4, 0.5) is 0 Å². The first-order chi connectivity index (χ1) is 13.1. The van der Waals surface area contributed by atoms with Crippen LogP contribution in [0.15, 0.2) is 48.5 Å². The van der Waals surface area contributed by atoms with Crippen molar-refractivity contribution in [2.24, 2.45) is 0 Å². The number of phenols is 2. The predicted molar refractivity (Wildman–Crippen MR) is 102 cm³/mol. The molecule has 1 aliphatic heterocycles. The van der Waals surface area contributed by atoms with Gasteiger partial charge in [0.15, 0.2) is 11.5 Å². The molecule has 1 unspecified atom stereocenters. The lowest BCUT2D eigenvalue weighted by Crippen LogP contribution is -2.48. The summed E-state index contributed by atoms with van der Waals surface area (Å²) in [6.45, 7) is 1.36. The van der Waals surface area contributed by atoms with Crippen molar-refractivity contribution in [2.75, 3.05) is 19.7 Å². The van der Waals surface area contributed by atoms with Crippen LogP contribution in [0, 0.1) is 0 Å². The number of aliphatic hydroxyl groups excluding tert-OH is 1. The van der Waals surface area contributed by atoms with Gasteiger partial charge < -0.3 is 20.2 Å². The number of phenolic OH excluding ortho intramolecular Hbond substituents is 2. The molecule has 0 bridgehead atoms. The Morgan fingerprint density at radius 3 is 2.37 bits per heavy atom. The number of likely N-dealkylation sites (tertiary alicyclic amines) is 1. The fraction of sp³-hybridized carbons (Fsp3) is 0.381. The fourth-order valence-corrected chi connectivity index (χ4v) is 3.49. The third-order valence-electron chi connectivity index (χ3n) is 4.98. The molecule has 1 amide bonds. The van der Waals surface area contributed by atoms with Gasteiger partial charge in [0.2, 0.25) is 5.91 Å². The van der Waals surface area contributed by atoms with E-state index in [4.69, 9.17) is 0 Å². The van der Waals surface area contributed by atoms with Crippen LogP contribution in [0.25, 0.3) is 0 Å². The molecule has 1 heterocycles. The first-order valence-corrected chi connectivity index (χ1v) is 9.30. The first-order valence-electron chi connectivity index (χ1n) is 9.30. The largest absolute Gasteiger partial charge is 0.504 e. The highest BCUT2D eigenvalue weighted by Gasteiger charge is 2.29. The van der Waals surface area contributed by atoms with Gasteiger partial charge in [-0.25, -0.2) is 0 Å². The normalized spacial score (nSPS) is 16.3. The van der Waals surface area contributed by atoms with Gasteiger partial charge in [-0.05, 0) is 42.5 Å². The molecule has 3 rings (SSSR count). The second-order valence-electron chi connectivity index (χ2n) is 6.92. The third kappa shape index (κ3) is 4.78. The van der Waals surface area contributed by atoms with Crippen LogP contribution in [-0.2, 0) is 11.2 Å². The highest BCUT2D eigenvalue weighted by atomic mass is 16.3. The summed E-state index contributed by atoms with van der Waals surface area (Å²) in [4.78, 5) is 14.9. The third-order valence-corrected chi connectivity index (χ3v) is 4.98. The molecule has 6 nitrogen and oxygen atoms in total. The first kappa shape index (κ1) is 19.2. The number of nitrogens with one attached hydrogen (secondary N) is 1. The van der Waals surface area contributed by atoms with Crippen LogP contribution in [0.3, 0.4) is 0 Å². The number of hydrogen-bond donors (Lipinski definition) is 4. The molecule has 2 atom stereocenters. The Morgan fingerprint density at radius 2 is 1.74 bits per heavy atom. The minimum Gasteiger partial charge on any atom is -0.504 e. The van der Waals surface area contributed by atoms with Gasteiger partial charge in [-0.15, -0.1) is 0 Å². The van der Waals surface area contributed by atoms with Gasteiger partial charge in [-0.2, -0.15) is 0 Å². The Labute approximate surface area is 159 Å². The number of aliphatic hydroxyl groups is 1. The van der Waals surface area contributed by atoms with Gasteiger partial charge in [-0.3, -0.25) is 10.1 Å². The Hall–Kier alpha value is -2.57. The van der Waals surface area contributed by atoms with Crippen molar-refractivity contribution in [1.29, 1.82) is 0 Å². The monoisotopic (exact) mass is 370 g/mol. The molecule has 0 radical (unpaired) electrons. The Morgan fingerprint density at radius 1 is 1.04 bits per heavy atom. The number of hydrogen-bond acceptors (Lipinski definition) is 5. The van der Waals surface area contributed by atoms with Crippen molar-refractivity contribution in [1.82, 2.24) is 10.2 Å². The summed E-state index contributed by atoms with van der Waals surface area (Å²) in [5.74, 6) is -0.400. The molecule has 0 aliphatic carbocycles. The van der Waals surface area contributed by atoms with E-state index < -0.39 is 6.04 Å². The van der Waals surface area contributed by atoms with E-state index in [-0.39, 0.29) is 30.1 Å². The van der Waals surface area contributed by atoms with E-state index in [1.165, 1.54) is 12.1 Å². The van der Waals surface area contributed by atoms with Crippen molar-refractivity contribution >= 4 is 5.91 Å². The van der Waals surface area contributed by atoms with E-state index >= 15 is 0 Å². The Balaban J connectivity index is 1.82. The Bertz CT molecular complexity index is 760. The van der Waals surface area contributed by atoms with E-state index in [0.29, 0.717) is 6.42 Å². The van der Waals surface area contributed by atoms with Crippen molar-refractivity contribution < 1.29 is 20.1 Å². The van der Waals surface area contributed by atoms with Crippen LogP contribution in [0.2, 0.25) is 0 Å². The van der Waals surface area contributed by atoms with Gasteiger partial charge in [-0.1, -0.05) is 36.4 Å². The predicted octanol–water partition coefficient (Wildman–Crippen LogP) is 1.95. The number of benzene rings is 2. The van der Waals surface area contributed by atoms with Crippen molar-refractivity contribution in [2.45, 2.75) is 31.3 Å². The molecular weight excluding hydrogens is 344 g/mol. The lowest BCUT2D eigenvalue weighted by molar-refractivity contribution is -0.132. The summed E-state index contributed by atoms with van der Waals surface area (Å²) in [7, 11) is 0. The number of amides is 1. The zero-order chi connectivity index (χ0) is 19.2. The molecule has 27 heavy (non-hydrogen) atoms. The second-order valence-corrected chi connectivity index (χ2v) is 6.92. The summed E-state index contributed by atoms with van der Waals surface area (Å²) >= 11 is 0. The molecule has 4 N–H and O–H groups in total. The van der Waals surface area contributed by atoms with Crippen molar-refractivity contribution in [3.05, 3.63) is 59.7 Å². The number of rotatable bonds is 7. The summed E-state index contributed by atoms with van der Waals surface area (Å²) in [5.41, 5.74) is 1.65. The number of nitrogens with zero attached hydrogens (tertiary/aromatic N) is 1. The van der Waals surface area contributed by atoms with Crippen molar-refractivity contribution in [3.8, 4) is 11.5 Å². The van der Waals surface area contributed by atoms with E-state index in [1.807, 2.05) is 35.2 Å². The molecule has 6 heteroatoms. The zero-order valence-electron chi connectivity index (χ0n) is 15.2. The van der Waals surface area contributed by atoms with Crippen LogP contribution in [0.1, 0.15) is 30.0 Å². The number of aromatic hydroxyl groups is 2. The van der Waals surface area contributed by atoms with Crippen LogP contribution >= 0.6 is 0 Å². The lowest BCUT2D eigenvalue weighted by atomic mass is 10.0. The van der Waals surface area contributed by atoms with Crippen molar-refractivity contribution in [3.63, 3.8) is 0 Å². The summed E-state index contributed by atoms with van der Waals surface area (Å²) in [5, 5.41) is 32.4. The summed E-state index contributed by atoms with van der Waals surface area (Å²) in [6, 6.07) is 13.2. The van der Waals surface area contributed by atoms with E-state index in [0.717, 1.165) is 37.1 Å². The standard InChI is InChI=1S/C21H26N2O4/c24-14-18(16-6-2-1-3-7-16)22-17(21(27)23-10-4-5-11-23)12-15-8-9-19(25)20(26)13-15/h1-3,6-9,13,17-18,22,24-26H,4-5,10-12,14H2/t17-,18?/m0/s1. The molecule has 0 spiro atoms. The topological polar surface area (TPSA) is 93.0 Å². The van der Waals surface area contributed by atoms with E-state index in [2.05, 4.69) is 5.32 Å². The molecule has 0 saturated carbocycles. The Kier molecular flexibility index (Phi) is 6.32. The highest BCUT2D eigenvalue weighted by molar-refractivity contribution is 5.82. The smallest absolute Gasteiger partial charge is 0.240 e. The van der Waals surface area contributed by atoms with Gasteiger partial charge >= 0.3 is 0 Å². The maximum Gasteiger partial charge on any atom is 0.240 e. The molecule has 1 saturated heterocycles. The van der Waals surface area contributed by atoms with E-state index in [1.54, 1.807) is 6.07 Å². The van der Waals surface area contributed by atoms with Gasteiger partial charge in [0, 0.05) is 13.1 Å². The SMILES string of the molecule is O=C([C@H](Cc1ccc(O)c(O)c1)NC(CO)c1ccccc1)N1CCCC1.